The predicted molar refractivity (Wildman–Crippen MR) is 77.5 cm³/mol. The van der Waals surface area contributed by atoms with E-state index >= 15 is 0 Å². The van der Waals surface area contributed by atoms with Crippen molar-refractivity contribution in [2.24, 2.45) is 0 Å². The highest BCUT2D eigenvalue weighted by molar-refractivity contribution is 5.24. The van der Waals surface area contributed by atoms with Crippen LogP contribution in [0.2, 0.25) is 0 Å². The molecule has 0 aliphatic heterocycles. The second-order valence-corrected chi connectivity index (χ2v) is 4.73. The van der Waals surface area contributed by atoms with Gasteiger partial charge in [0.05, 0.1) is 6.07 Å². The molecule has 0 saturated heterocycles. The highest BCUT2D eigenvalue weighted by atomic mass is 14.9. The van der Waals surface area contributed by atoms with E-state index in [4.69, 9.17) is 0 Å². The molecule has 2 aromatic carbocycles. The average Bonchev–Trinajstić information content (AvgIpc) is 2.47. The molecule has 0 aliphatic rings. The van der Waals surface area contributed by atoms with E-state index in [0.717, 1.165) is 12.0 Å². The quantitative estimate of drug-likeness (QED) is 0.882. The molecular weight excluding hydrogens is 232 g/mol. The molecule has 0 radical (unpaired) electrons. The van der Waals surface area contributed by atoms with Crippen LogP contribution in [0.1, 0.15) is 24.1 Å². The zero-order valence-electron chi connectivity index (χ0n) is 11.1. The highest BCUT2D eigenvalue weighted by Gasteiger charge is 2.13. The Bertz CT molecular complexity index is 528. The number of nitrogens with zero attached hydrogens (tertiary/aromatic N) is 1. The fraction of sp³-hybridized carbons (Fsp3) is 0.235. The van der Waals surface area contributed by atoms with Gasteiger partial charge in [0.15, 0.2) is 0 Å². The Morgan fingerprint density at radius 2 is 1.58 bits per heavy atom. The first-order valence-corrected chi connectivity index (χ1v) is 6.54. The second-order valence-electron chi connectivity index (χ2n) is 4.73. The summed E-state index contributed by atoms with van der Waals surface area (Å²) < 4.78 is 0. The number of nitriles is 1. The molecule has 0 aromatic heterocycles. The Labute approximate surface area is 114 Å². The average molecular weight is 250 g/mol. The summed E-state index contributed by atoms with van der Waals surface area (Å²) in [4.78, 5) is 0. The molecule has 2 nitrogen and oxygen atoms in total. The first-order valence-electron chi connectivity index (χ1n) is 6.54. The van der Waals surface area contributed by atoms with Crippen LogP contribution in [-0.4, -0.2) is 6.04 Å². The van der Waals surface area contributed by atoms with Crippen molar-refractivity contribution >= 4 is 0 Å². The topological polar surface area (TPSA) is 35.8 Å². The molecule has 1 unspecified atom stereocenters. The van der Waals surface area contributed by atoms with Crippen LogP contribution in [0, 0.1) is 11.3 Å². The summed E-state index contributed by atoms with van der Waals surface area (Å²) >= 11 is 0. The Morgan fingerprint density at radius 3 is 2.16 bits per heavy atom. The van der Waals surface area contributed by atoms with Crippen LogP contribution >= 0.6 is 0 Å². The third-order valence-electron chi connectivity index (χ3n) is 3.10. The molecule has 0 amide bonds. The number of benzene rings is 2. The Kier molecular flexibility index (Phi) is 4.72. The van der Waals surface area contributed by atoms with Crippen LogP contribution in [0.15, 0.2) is 60.7 Å². The van der Waals surface area contributed by atoms with E-state index in [1.54, 1.807) is 0 Å². The molecule has 0 spiro atoms. The lowest BCUT2D eigenvalue weighted by atomic mass is 10.0. The van der Waals surface area contributed by atoms with Gasteiger partial charge in [-0.25, -0.2) is 0 Å². The molecular formula is C17H18N2. The monoisotopic (exact) mass is 250 g/mol. The predicted octanol–water partition coefficient (Wildman–Crippen LogP) is 3.47. The molecule has 1 N–H and O–H groups in total. The van der Waals surface area contributed by atoms with Crippen LogP contribution in [0.3, 0.4) is 0 Å². The maximum absolute atomic E-state index is 9.28. The largest absolute Gasteiger partial charge is 0.295 e. The highest BCUT2D eigenvalue weighted by Crippen LogP contribution is 2.13. The molecule has 0 aliphatic carbocycles. The molecule has 0 saturated carbocycles. The second kappa shape index (κ2) is 6.72. The number of hydrogen-bond acceptors (Lipinski definition) is 2. The van der Waals surface area contributed by atoms with E-state index in [1.165, 1.54) is 5.56 Å². The molecule has 2 heteroatoms. The van der Waals surface area contributed by atoms with Crippen molar-refractivity contribution in [3.63, 3.8) is 0 Å². The SMILES string of the molecule is C[C@H](Cc1ccccc1)NC(C#N)c1ccccc1. The Balaban J connectivity index is 1.98. The zero-order valence-corrected chi connectivity index (χ0v) is 11.1. The standard InChI is InChI=1S/C17H18N2/c1-14(12-15-8-4-2-5-9-15)19-17(13-18)16-10-6-3-7-11-16/h2-11,14,17,19H,12H2,1H3/t14-,17?/m1/s1. The van der Waals surface area contributed by atoms with E-state index in [2.05, 4.69) is 30.4 Å². The minimum absolute atomic E-state index is 0.250. The lowest BCUT2D eigenvalue weighted by Gasteiger charge is -2.18. The first-order chi connectivity index (χ1) is 9.29. The Hall–Kier alpha value is -2.11. The van der Waals surface area contributed by atoms with Gasteiger partial charge in [-0.05, 0) is 24.5 Å². The summed E-state index contributed by atoms with van der Waals surface area (Å²) in [6, 6.07) is 22.5. The molecule has 0 fully saturated rings. The van der Waals surface area contributed by atoms with Gasteiger partial charge in [-0.3, -0.25) is 5.32 Å². The van der Waals surface area contributed by atoms with Crippen LogP contribution in [0.5, 0.6) is 0 Å². The van der Waals surface area contributed by atoms with Gasteiger partial charge in [-0.2, -0.15) is 5.26 Å². The fourth-order valence-corrected chi connectivity index (χ4v) is 2.16. The molecule has 2 atom stereocenters. The lowest BCUT2D eigenvalue weighted by molar-refractivity contribution is 0.510. The van der Waals surface area contributed by atoms with Gasteiger partial charge >= 0.3 is 0 Å². The summed E-state index contributed by atoms with van der Waals surface area (Å²) in [5.74, 6) is 0. The van der Waals surface area contributed by atoms with Crippen molar-refractivity contribution in [3.05, 3.63) is 71.8 Å². The number of hydrogen-bond donors (Lipinski definition) is 1. The van der Waals surface area contributed by atoms with Crippen molar-refractivity contribution in [2.75, 3.05) is 0 Å². The molecule has 2 rings (SSSR count). The third-order valence-corrected chi connectivity index (χ3v) is 3.10. The Morgan fingerprint density at radius 1 is 1.00 bits per heavy atom. The summed E-state index contributed by atoms with van der Waals surface area (Å²) in [5, 5.41) is 12.7. The lowest BCUT2D eigenvalue weighted by Crippen LogP contribution is -2.31. The maximum atomic E-state index is 9.28. The summed E-state index contributed by atoms with van der Waals surface area (Å²) in [5.41, 5.74) is 2.30. The summed E-state index contributed by atoms with van der Waals surface area (Å²) in [7, 11) is 0. The van der Waals surface area contributed by atoms with Gasteiger partial charge in [-0.15, -0.1) is 0 Å². The maximum Gasteiger partial charge on any atom is 0.121 e. The number of rotatable bonds is 5. The summed E-state index contributed by atoms with van der Waals surface area (Å²) in [6.07, 6.45) is 0.922. The zero-order chi connectivity index (χ0) is 13.5. The first kappa shape index (κ1) is 13.3. The van der Waals surface area contributed by atoms with Gasteiger partial charge in [0.25, 0.3) is 0 Å². The molecule has 0 heterocycles. The van der Waals surface area contributed by atoms with Gasteiger partial charge in [0.2, 0.25) is 0 Å². The van der Waals surface area contributed by atoms with E-state index in [1.807, 2.05) is 48.5 Å². The van der Waals surface area contributed by atoms with E-state index in [-0.39, 0.29) is 12.1 Å². The third kappa shape index (κ3) is 3.94. The van der Waals surface area contributed by atoms with Crippen LogP contribution in [0.4, 0.5) is 0 Å². The van der Waals surface area contributed by atoms with Gasteiger partial charge in [0, 0.05) is 6.04 Å². The van der Waals surface area contributed by atoms with Crippen molar-refractivity contribution in [1.82, 2.24) is 5.32 Å². The van der Waals surface area contributed by atoms with Gasteiger partial charge in [0.1, 0.15) is 6.04 Å². The van der Waals surface area contributed by atoms with Crippen molar-refractivity contribution < 1.29 is 0 Å². The van der Waals surface area contributed by atoms with Crippen molar-refractivity contribution in [3.8, 4) is 6.07 Å². The van der Waals surface area contributed by atoms with E-state index < -0.39 is 0 Å². The van der Waals surface area contributed by atoms with E-state index in [0.29, 0.717) is 0 Å². The molecule has 0 bridgehead atoms. The number of nitrogens with one attached hydrogen (secondary N) is 1. The molecule has 2 aromatic rings. The smallest absolute Gasteiger partial charge is 0.121 e. The fourth-order valence-electron chi connectivity index (χ4n) is 2.16. The van der Waals surface area contributed by atoms with Gasteiger partial charge < -0.3 is 0 Å². The van der Waals surface area contributed by atoms with Crippen molar-refractivity contribution in [1.29, 1.82) is 5.26 Å². The molecule has 96 valence electrons. The van der Waals surface area contributed by atoms with Crippen LogP contribution < -0.4 is 5.32 Å². The normalized spacial score (nSPS) is 13.5. The van der Waals surface area contributed by atoms with Crippen LogP contribution in [-0.2, 0) is 6.42 Å². The van der Waals surface area contributed by atoms with Gasteiger partial charge in [-0.1, -0.05) is 60.7 Å². The minimum atomic E-state index is -0.250. The van der Waals surface area contributed by atoms with Crippen LogP contribution in [0.25, 0.3) is 0 Å². The van der Waals surface area contributed by atoms with Crippen molar-refractivity contribution in [2.45, 2.75) is 25.4 Å². The molecule has 19 heavy (non-hydrogen) atoms. The van der Waals surface area contributed by atoms with E-state index in [9.17, 15) is 5.26 Å². The minimum Gasteiger partial charge on any atom is -0.295 e. The summed E-state index contributed by atoms with van der Waals surface area (Å²) in [6.45, 7) is 2.11.